The fourth-order valence-corrected chi connectivity index (χ4v) is 2.83. The van der Waals surface area contributed by atoms with Crippen LogP contribution in [-0.4, -0.2) is 29.6 Å². The van der Waals surface area contributed by atoms with Gasteiger partial charge in [-0.2, -0.15) is 0 Å². The van der Waals surface area contributed by atoms with Crippen LogP contribution in [0.3, 0.4) is 0 Å². The van der Waals surface area contributed by atoms with E-state index in [2.05, 4.69) is 40.4 Å². The second-order valence-corrected chi connectivity index (χ2v) is 6.80. The maximum atomic E-state index is 12.1. The minimum atomic E-state index is -0.998. The maximum Gasteiger partial charge on any atom is 0.321 e. The Kier molecular flexibility index (Phi) is 9.64. The third-order valence-electron chi connectivity index (χ3n) is 4.03. The third kappa shape index (κ3) is 7.45. The molecule has 3 N–H and O–H groups in total. The molecule has 134 valence electrons. The van der Waals surface area contributed by atoms with E-state index in [1.54, 1.807) is 6.07 Å². The minimum absolute atomic E-state index is 0.0963. The topological polar surface area (TPSA) is 78.4 Å². The fourth-order valence-electron chi connectivity index (χ4n) is 2.45. The summed E-state index contributed by atoms with van der Waals surface area (Å²) in [6, 6.07) is 6.38. The van der Waals surface area contributed by atoms with E-state index in [-0.39, 0.29) is 12.3 Å². The van der Waals surface area contributed by atoms with Gasteiger partial charge in [-0.25, -0.2) is 0 Å². The number of aliphatic carboxylic acids is 1. The molecule has 1 aromatic rings. The quantitative estimate of drug-likeness (QED) is 0.525. The number of carbonyl (C=O) groups excluding carboxylic acids is 1. The summed E-state index contributed by atoms with van der Waals surface area (Å²) < 4.78 is 0.767. The molecule has 0 heterocycles. The molecular formula is C18H27BrN2O3. The SMILES string of the molecule is CCCCC(CC)CNC(CC(=O)Nc1ccccc1Br)C(=O)O. The Morgan fingerprint density at radius 1 is 1.25 bits per heavy atom. The molecule has 0 aromatic heterocycles. The number of unbranched alkanes of at least 4 members (excludes halogenated alkanes) is 1. The number of carbonyl (C=O) groups is 2. The van der Waals surface area contributed by atoms with Gasteiger partial charge in [0, 0.05) is 4.47 Å². The normalized spacial score (nSPS) is 13.3. The second kappa shape index (κ2) is 11.2. The van der Waals surface area contributed by atoms with Crippen molar-refractivity contribution in [2.24, 2.45) is 5.92 Å². The van der Waals surface area contributed by atoms with E-state index in [4.69, 9.17) is 0 Å². The predicted molar refractivity (Wildman–Crippen MR) is 100 cm³/mol. The summed E-state index contributed by atoms with van der Waals surface area (Å²) in [5, 5.41) is 15.1. The smallest absolute Gasteiger partial charge is 0.321 e. The number of carboxylic acids is 1. The highest BCUT2D eigenvalue weighted by atomic mass is 79.9. The van der Waals surface area contributed by atoms with Gasteiger partial charge in [0.05, 0.1) is 12.1 Å². The van der Waals surface area contributed by atoms with Crippen LogP contribution >= 0.6 is 15.9 Å². The molecule has 1 aromatic carbocycles. The Hall–Kier alpha value is -1.40. The molecule has 1 amide bonds. The van der Waals surface area contributed by atoms with Crippen molar-refractivity contribution in [2.75, 3.05) is 11.9 Å². The average Bonchev–Trinajstić information content (AvgIpc) is 2.55. The molecule has 0 radical (unpaired) electrons. The lowest BCUT2D eigenvalue weighted by atomic mass is 9.99. The molecule has 2 atom stereocenters. The van der Waals surface area contributed by atoms with Crippen molar-refractivity contribution < 1.29 is 14.7 Å². The van der Waals surface area contributed by atoms with E-state index in [1.165, 1.54) is 0 Å². The number of hydrogen-bond acceptors (Lipinski definition) is 3. The Labute approximate surface area is 152 Å². The first-order valence-electron chi connectivity index (χ1n) is 8.48. The summed E-state index contributed by atoms with van der Waals surface area (Å²) in [6.07, 6.45) is 4.26. The van der Waals surface area contributed by atoms with Crippen molar-refractivity contribution in [3.05, 3.63) is 28.7 Å². The number of halogens is 1. The number of anilines is 1. The van der Waals surface area contributed by atoms with Gasteiger partial charge in [0.1, 0.15) is 6.04 Å². The van der Waals surface area contributed by atoms with Crippen molar-refractivity contribution in [3.63, 3.8) is 0 Å². The van der Waals surface area contributed by atoms with Gasteiger partial charge in [-0.3, -0.25) is 9.59 Å². The zero-order valence-corrected chi connectivity index (χ0v) is 15.9. The molecular weight excluding hydrogens is 372 g/mol. The number of amides is 1. The van der Waals surface area contributed by atoms with Crippen LogP contribution in [0.2, 0.25) is 0 Å². The summed E-state index contributed by atoms with van der Waals surface area (Å²) >= 11 is 3.36. The molecule has 2 unspecified atom stereocenters. The van der Waals surface area contributed by atoms with Crippen LogP contribution < -0.4 is 10.6 Å². The van der Waals surface area contributed by atoms with Crippen LogP contribution in [0.15, 0.2) is 28.7 Å². The lowest BCUT2D eigenvalue weighted by Crippen LogP contribution is -2.42. The Morgan fingerprint density at radius 2 is 1.96 bits per heavy atom. The standard InChI is InChI=1S/C18H27BrN2O3/c1-3-5-8-13(4-2)12-20-16(18(23)24)11-17(22)21-15-10-7-6-9-14(15)19/h6-7,9-10,13,16,20H,3-5,8,11-12H2,1-2H3,(H,21,22)(H,23,24). The molecule has 0 saturated heterocycles. The van der Waals surface area contributed by atoms with Crippen LogP contribution in [-0.2, 0) is 9.59 Å². The largest absolute Gasteiger partial charge is 0.480 e. The summed E-state index contributed by atoms with van der Waals surface area (Å²) in [5.41, 5.74) is 0.640. The van der Waals surface area contributed by atoms with Gasteiger partial charge in [0.2, 0.25) is 5.91 Å². The molecule has 0 fully saturated rings. The minimum Gasteiger partial charge on any atom is -0.480 e. The zero-order valence-electron chi connectivity index (χ0n) is 14.3. The van der Waals surface area contributed by atoms with E-state index < -0.39 is 12.0 Å². The molecule has 0 bridgehead atoms. The molecule has 0 spiro atoms. The number of benzene rings is 1. The number of nitrogens with one attached hydrogen (secondary N) is 2. The molecule has 24 heavy (non-hydrogen) atoms. The monoisotopic (exact) mass is 398 g/mol. The summed E-state index contributed by atoms with van der Waals surface area (Å²) in [5.74, 6) is -0.871. The van der Waals surface area contributed by atoms with Crippen LogP contribution in [0.4, 0.5) is 5.69 Å². The van der Waals surface area contributed by atoms with Gasteiger partial charge in [0.15, 0.2) is 0 Å². The summed E-state index contributed by atoms with van der Waals surface area (Å²) in [7, 11) is 0. The molecule has 0 aliphatic heterocycles. The molecule has 1 rings (SSSR count). The van der Waals surface area contributed by atoms with Gasteiger partial charge < -0.3 is 15.7 Å². The molecule has 0 aliphatic carbocycles. The van der Waals surface area contributed by atoms with Gasteiger partial charge in [-0.1, -0.05) is 45.2 Å². The highest BCUT2D eigenvalue weighted by Crippen LogP contribution is 2.21. The van der Waals surface area contributed by atoms with Crippen molar-refractivity contribution in [1.29, 1.82) is 0 Å². The van der Waals surface area contributed by atoms with E-state index in [0.717, 1.165) is 30.2 Å². The van der Waals surface area contributed by atoms with Gasteiger partial charge in [0.25, 0.3) is 0 Å². The van der Waals surface area contributed by atoms with E-state index >= 15 is 0 Å². The van der Waals surface area contributed by atoms with E-state index in [9.17, 15) is 14.7 Å². The first kappa shape index (κ1) is 20.6. The van der Waals surface area contributed by atoms with Crippen LogP contribution in [0.5, 0.6) is 0 Å². The molecule has 5 nitrogen and oxygen atoms in total. The first-order valence-corrected chi connectivity index (χ1v) is 9.27. The Balaban J connectivity index is 2.54. The van der Waals surface area contributed by atoms with E-state index in [1.807, 2.05) is 18.2 Å². The van der Waals surface area contributed by atoms with Gasteiger partial charge in [-0.05, 0) is 46.9 Å². The lowest BCUT2D eigenvalue weighted by molar-refractivity contribution is -0.141. The van der Waals surface area contributed by atoms with Crippen LogP contribution in [0, 0.1) is 5.92 Å². The predicted octanol–water partition coefficient (Wildman–Crippen LogP) is 4.04. The Morgan fingerprint density at radius 3 is 2.54 bits per heavy atom. The average molecular weight is 399 g/mol. The lowest BCUT2D eigenvalue weighted by Gasteiger charge is -2.19. The maximum absolute atomic E-state index is 12.1. The zero-order chi connectivity index (χ0) is 17.9. The molecule has 0 saturated carbocycles. The molecule has 0 aliphatic rings. The number of carboxylic acid groups (broad SMARTS) is 1. The van der Waals surface area contributed by atoms with Crippen LogP contribution in [0.1, 0.15) is 46.0 Å². The van der Waals surface area contributed by atoms with E-state index in [0.29, 0.717) is 18.2 Å². The highest BCUT2D eigenvalue weighted by Gasteiger charge is 2.22. The van der Waals surface area contributed by atoms with Crippen molar-refractivity contribution in [2.45, 2.75) is 52.0 Å². The number of hydrogen-bond donors (Lipinski definition) is 3. The fraction of sp³-hybridized carbons (Fsp3) is 0.556. The van der Waals surface area contributed by atoms with Gasteiger partial charge >= 0.3 is 5.97 Å². The first-order chi connectivity index (χ1) is 11.5. The van der Waals surface area contributed by atoms with Crippen molar-refractivity contribution in [3.8, 4) is 0 Å². The number of rotatable bonds is 11. The summed E-state index contributed by atoms with van der Waals surface area (Å²) in [6.45, 7) is 4.87. The highest BCUT2D eigenvalue weighted by molar-refractivity contribution is 9.10. The summed E-state index contributed by atoms with van der Waals surface area (Å²) in [4.78, 5) is 23.5. The Bertz CT molecular complexity index is 537. The van der Waals surface area contributed by atoms with Gasteiger partial charge in [-0.15, -0.1) is 0 Å². The molecule has 6 heteroatoms. The third-order valence-corrected chi connectivity index (χ3v) is 4.72. The van der Waals surface area contributed by atoms with Crippen molar-refractivity contribution in [1.82, 2.24) is 5.32 Å². The number of para-hydroxylation sites is 1. The second-order valence-electron chi connectivity index (χ2n) is 5.95. The van der Waals surface area contributed by atoms with Crippen molar-refractivity contribution >= 4 is 33.5 Å². The van der Waals surface area contributed by atoms with Crippen LogP contribution in [0.25, 0.3) is 0 Å².